The van der Waals surface area contributed by atoms with Crippen molar-refractivity contribution in [3.63, 3.8) is 0 Å². The Labute approximate surface area is 165 Å². The zero-order valence-corrected chi connectivity index (χ0v) is 16.4. The number of pyridine rings is 1. The monoisotopic (exact) mass is 378 g/mol. The van der Waals surface area contributed by atoms with Crippen LogP contribution in [0.25, 0.3) is 0 Å². The van der Waals surface area contributed by atoms with E-state index in [0.29, 0.717) is 12.2 Å². The van der Waals surface area contributed by atoms with Gasteiger partial charge in [-0.2, -0.15) is 5.10 Å². The Kier molecular flexibility index (Phi) is 6.39. The Morgan fingerprint density at radius 1 is 1.14 bits per heavy atom. The Morgan fingerprint density at radius 2 is 1.89 bits per heavy atom. The smallest absolute Gasteiger partial charge is 0.319 e. The fourth-order valence-corrected chi connectivity index (χ4v) is 3.31. The molecule has 2 heterocycles. The van der Waals surface area contributed by atoms with E-state index in [9.17, 15) is 4.79 Å². The zero-order chi connectivity index (χ0) is 19.9. The minimum atomic E-state index is -0.257. The van der Waals surface area contributed by atoms with Crippen molar-refractivity contribution in [2.45, 2.75) is 25.6 Å². The molecule has 2 atom stereocenters. The fraction of sp³-hybridized carbons (Fsp3) is 0.286. The summed E-state index contributed by atoms with van der Waals surface area (Å²) in [4.78, 5) is 18.8. The highest BCUT2D eigenvalue weighted by Gasteiger charge is 2.23. The first-order valence-corrected chi connectivity index (χ1v) is 9.24. The van der Waals surface area contributed by atoms with Crippen molar-refractivity contribution in [2.24, 2.45) is 0 Å². The Morgan fingerprint density at radius 3 is 2.57 bits per heavy atom. The number of amides is 2. The largest absolute Gasteiger partial charge is 0.333 e. The van der Waals surface area contributed by atoms with Crippen LogP contribution in [-0.2, 0) is 6.54 Å². The number of urea groups is 1. The third-order valence-electron chi connectivity index (χ3n) is 4.47. The molecule has 3 aromatic rings. The standard InChI is InChI=1S/C21H26N6O/c1-16(20(26(2)3)17-9-5-4-6-10-17)24-21(28)25-19-13-23-27(15-19)14-18-11-7-8-12-22-18/h4-13,15-16,20H,14H2,1-3H3,(H2,24,25,28)/t16-,20+/m1/s1. The average molecular weight is 378 g/mol. The van der Waals surface area contributed by atoms with E-state index >= 15 is 0 Å². The van der Waals surface area contributed by atoms with Crippen LogP contribution in [0.3, 0.4) is 0 Å². The van der Waals surface area contributed by atoms with E-state index in [0.717, 1.165) is 11.3 Å². The lowest BCUT2D eigenvalue weighted by Crippen LogP contribution is -2.44. The Hall–Kier alpha value is -3.19. The van der Waals surface area contributed by atoms with Crippen molar-refractivity contribution >= 4 is 11.7 Å². The molecule has 7 heteroatoms. The lowest BCUT2D eigenvalue weighted by atomic mass is 9.99. The summed E-state index contributed by atoms with van der Waals surface area (Å²) in [5.74, 6) is 0. The number of benzene rings is 1. The molecule has 28 heavy (non-hydrogen) atoms. The van der Waals surface area contributed by atoms with E-state index in [1.807, 2.05) is 57.4 Å². The zero-order valence-electron chi connectivity index (χ0n) is 16.4. The molecule has 0 aliphatic heterocycles. The highest BCUT2D eigenvalue weighted by Crippen LogP contribution is 2.21. The predicted molar refractivity (Wildman–Crippen MR) is 110 cm³/mol. The molecule has 3 rings (SSSR count). The second-order valence-electron chi connectivity index (χ2n) is 6.95. The number of carbonyl (C=O) groups is 1. The Bertz CT molecular complexity index is 878. The van der Waals surface area contributed by atoms with Gasteiger partial charge < -0.3 is 15.5 Å². The lowest BCUT2D eigenvalue weighted by Gasteiger charge is -2.31. The van der Waals surface area contributed by atoms with E-state index in [2.05, 4.69) is 37.7 Å². The number of nitrogens with one attached hydrogen (secondary N) is 2. The Balaban J connectivity index is 1.59. The molecule has 0 spiro atoms. The van der Waals surface area contributed by atoms with Gasteiger partial charge in [0, 0.05) is 18.4 Å². The minimum Gasteiger partial charge on any atom is -0.333 e. The van der Waals surface area contributed by atoms with Gasteiger partial charge in [-0.25, -0.2) is 4.79 Å². The molecular formula is C21H26N6O. The van der Waals surface area contributed by atoms with Gasteiger partial charge in [-0.15, -0.1) is 0 Å². The quantitative estimate of drug-likeness (QED) is 0.662. The summed E-state index contributed by atoms with van der Waals surface area (Å²) in [6.07, 6.45) is 5.17. The van der Waals surface area contributed by atoms with Gasteiger partial charge in [-0.1, -0.05) is 36.4 Å². The van der Waals surface area contributed by atoms with E-state index < -0.39 is 0 Å². The summed E-state index contributed by atoms with van der Waals surface area (Å²) >= 11 is 0. The van der Waals surface area contributed by atoms with Crippen LogP contribution in [0.15, 0.2) is 67.1 Å². The normalized spacial score (nSPS) is 13.1. The number of hydrogen-bond acceptors (Lipinski definition) is 4. The van der Waals surface area contributed by atoms with Crippen LogP contribution in [0.2, 0.25) is 0 Å². The molecule has 2 N–H and O–H groups in total. The van der Waals surface area contributed by atoms with Crippen LogP contribution in [0, 0.1) is 0 Å². The highest BCUT2D eigenvalue weighted by atomic mass is 16.2. The molecule has 2 aromatic heterocycles. The highest BCUT2D eigenvalue weighted by molar-refractivity contribution is 5.89. The molecule has 0 radical (unpaired) electrons. The van der Waals surface area contributed by atoms with Crippen LogP contribution >= 0.6 is 0 Å². The fourth-order valence-electron chi connectivity index (χ4n) is 3.31. The molecule has 0 saturated carbocycles. The van der Waals surface area contributed by atoms with Gasteiger partial charge >= 0.3 is 6.03 Å². The molecule has 0 saturated heterocycles. The van der Waals surface area contributed by atoms with Gasteiger partial charge in [-0.3, -0.25) is 9.67 Å². The van der Waals surface area contributed by atoms with Gasteiger partial charge in [0.05, 0.1) is 30.2 Å². The SMILES string of the molecule is C[C@@H](NC(=O)Nc1cnn(Cc2ccccn2)c1)[C@@H](c1ccccc1)N(C)C. The van der Waals surface area contributed by atoms with Crippen LogP contribution in [0.5, 0.6) is 0 Å². The summed E-state index contributed by atoms with van der Waals surface area (Å²) in [5.41, 5.74) is 2.71. The summed E-state index contributed by atoms with van der Waals surface area (Å²) in [5, 5.41) is 10.2. The number of nitrogens with zero attached hydrogens (tertiary/aromatic N) is 4. The maximum atomic E-state index is 12.5. The third-order valence-corrected chi connectivity index (χ3v) is 4.47. The van der Waals surface area contributed by atoms with E-state index in [1.54, 1.807) is 23.3 Å². The summed E-state index contributed by atoms with van der Waals surface area (Å²) in [6.45, 7) is 2.55. The first-order chi connectivity index (χ1) is 13.5. The number of likely N-dealkylation sites (N-methyl/N-ethyl adjacent to an activating group) is 1. The molecule has 7 nitrogen and oxygen atoms in total. The maximum Gasteiger partial charge on any atom is 0.319 e. The van der Waals surface area contributed by atoms with Gasteiger partial charge in [0.25, 0.3) is 0 Å². The third kappa shape index (κ3) is 5.17. The molecule has 146 valence electrons. The van der Waals surface area contributed by atoms with E-state index in [-0.39, 0.29) is 18.1 Å². The second kappa shape index (κ2) is 9.14. The second-order valence-corrected chi connectivity index (χ2v) is 6.95. The lowest BCUT2D eigenvalue weighted by molar-refractivity contribution is 0.223. The average Bonchev–Trinajstić information content (AvgIpc) is 3.09. The van der Waals surface area contributed by atoms with Crippen LogP contribution in [0.4, 0.5) is 10.5 Å². The minimum absolute atomic E-state index is 0.0684. The molecule has 0 bridgehead atoms. The van der Waals surface area contributed by atoms with Crippen LogP contribution in [-0.4, -0.2) is 45.8 Å². The summed E-state index contributed by atoms with van der Waals surface area (Å²) < 4.78 is 1.74. The number of aromatic nitrogens is 3. The van der Waals surface area contributed by atoms with E-state index in [4.69, 9.17) is 0 Å². The molecule has 0 fully saturated rings. The van der Waals surface area contributed by atoms with Gasteiger partial charge in [0.2, 0.25) is 0 Å². The van der Waals surface area contributed by atoms with Gasteiger partial charge in [0.1, 0.15) is 0 Å². The molecule has 1 aromatic carbocycles. The first kappa shape index (κ1) is 19.6. The van der Waals surface area contributed by atoms with E-state index in [1.165, 1.54) is 0 Å². The molecular weight excluding hydrogens is 352 g/mol. The molecule has 0 aliphatic carbocycles. The van der Waals surface area contributed by atoms with Crippen LogP contribution in [0.1, 0.15) is 24.2 Å². The number of rotatable bonds is 7. The molecule has 0 unspecified atom stereocenters. The van der Waals surface area contributed by atoms with Crippen molar-refractivity contribution in [1.29, 1.82) is 0 Å². The number of carbonyl (C=O) groups excluding carboxylic acids is 1. The molecule has 2 amide bonds. The summed E-state index contributed by atoms with van der Waals surface area (Å²) in [6, 6.07) is 15.6. The van der Waals surface area contributed by atoms with Gasteiger partial charge in [0.15, 0.2) is 0 Å². The number of hydrogen-bond donors (Lipinski definition) is 2. The van der Waals surface area contributed by atoms with Crippen LogP contribution < -0.4 is 10.6 Å². The molecule has 0 aliphatic rings. The van der Waals surface area contributed by atoms with Crippen molar-refractivity contribution in [1.82, 2.24) is 25.0 Å². The van der Waals surface area contributed by atoms with Gasteiger partial charge in [-0.05, 0) is 38.7 Å². The topological polar surface area (TPSA) is 75.1 Å². The first-order valence-electron chi connectivity index (χ1n) is 9.24. The maximum absolute atomic E-state index is 12.5. The van der Waals surface area contributed by atoms with Crippen molar-refractivity contribution < 1.29 is 4.79 Å². The number of anilines is 1. The summed E-state index contributed by atoms with van der Waals surface area (Å²) in [7, 11) is 4.02. The predicted octanol–water partition coefficient (Wildman–Crippen LogP) is 3.14. The van der Waals surface area contributed by atoms with Crippen molar-refractivity contribution in [3.05, 3.63) is 78.4 Å². The van der Waals surface area contributed by atoms with Crippen molar-refractivity contribution in [3.8, 4) is 0 Å². The van der Waals surface area contributed by atoms with Crippen molar-refractivity contribution in [2.75, 3.05) is 19.4 Å².